The Kier molecular flexibility index (Phi) is 10.0. The van der Waals surface area contributed by atoms with Crippen molar-refractivity contribution in [1.82, 2.24) is 10.2 Å². The Morgan fingerprint density at radius 3 is 2.15 bits per heavy atom. The number of aryl methyl sites for hydroxylation is 2. The van der Waals surface area contributed by atoms with Crippen LogP contribution in [0, 0.1) is 13.8 Å². The molecule has 0 bridgehead atoms. The summed E-state index contributed by atoms with van der Waals surface area (Å²) in [4.78, 5) is 29.0. The highest BCUT2D eigenvalue weighted by molar-refractivity contribution is 7.92. The van der Waals surface area contributed by atoms with Gasteiger partial charge in [-0.25, -0.2) is 8.42 Å². The number of anilines is 1. The minimum absolute atomic E-state index is 0.0425. The van der Waals surface area contributed by atoms with Gasteiger partial charge in [-0.05, 0) is 82.5 Å². The summed E-state index contributed by atoms with van der Waals surface area (Å²) in [5, 5.41) is 3.42. The summed E-state index contributed by atoms with van der Waals surface area (Å²) < 4.78 is 29.0. The Labute approximate surface area is 243 Å². The number of hydrogen-bond acceptors (Lipinski definition) is 4. The van der Waals surface area contributed by atoms with E-state index in [0.717, 1.165) is 15.4 Å². The Hall–Kier alpha value is -3.36. The number of carbonyl (C=O) groups excluding carboxylic acids is 2. The number of rotatable bonds is 10. The lowest BCUT2D eigenvalue weighted by Gasteiger charge is -2.35. The Morgan fingerprint density at radius 2 is 1.57 bits per heavy atom. The molecule has 0 heterocycles. The Morgan fingerprint density at radius 1 is 0.925 bits per heavy atom. The van der Waals surface area contributed by atoms with Gasteiger partial charge in [-0.15, -0.1) is 0 Å². The quantitative estimate of drug-likeness (QED) is 0.323. The number of nitrogens with zero attached hydrogens (tertiary/aromatic N) is 2. The van der Waals surface area contributed by atoms with Crippen molar-refractivity contribution < 1.29 is 18.0 Å². The van der Waals surface area contributed by atoms with Crippen molar-refractivity contribution >= 4 is 39.1 Å². The van der Waals surface area contributed by atoms with Gasteiger partial charge >= 0.3 is 0 Å². The summed E-state index contributed by atoms with van der Waals surface area (Å²) >= 11 is 6.45. The first-order valence-corrected chi connectivity index (χ1v) is 15.1. The molecule has 0 aromatic heterocycles. The molecular formula is C31H38ClN3O4S. The van der Waals surface area contributed by atoms with Gasteiger partial charge in [0.1, 0.15) is 12.6 Å². The predicted octanol–water partition coefficient (Wildman–Crippen LogP) is 5.87. The average Bonchev–Trinajstić information content (AvgIpc) is 2.87. The Balaban J connectivity index is 2.09. The largest absolute Gasteiger partial charge is 0.350 e. The molecule has 2 amide bonds. The lowest BCUT2D eigenvalue weighted by atomic mass is 10.1. The summed E-state index contributed by atoms with van der Waals surface area (Å²) in [7, 11) is -4.12. The maximum atomic E-state index is 14.1. The highest BCUT2D eigenvalue weighted by Crippen LogP contribution is 2.26. The summed E-state index contributed by atoms with van der Waals surface area (Å²) in [6.45, 7) is 10.7. The lowest BCUT2D eigenvalue weighted by molar-refractivity contribution is -0.141. The molecule has 0 fully saturated rings. The van der Waals surface area contributed by atoms with Crippen LogP contribution in [0.5, 0.6) is 0 Å². The van der Waals surface area contributed by atoms with Gasteiger partial charge < -0.3 is 10.2 Å². The molecule has 40 heavy (non-hydrogen) atoms. The van der Waals surface area contributed by atoms with Gasteiger partial charge in [0.05, 0.1) is 10.6 Å². The number of amides is 2. The molecule has 0 spiro atoms. The highest BCUT2D eigenvalue weighted by Gasteiger charge is 2.34. The molecule has 3 rings (SSSR count). The zero-order valence-electron chi connectivity index (χ0n) is 23.9. The molecular weight excluding hydrogens is 546 g/mol. The van der Waals surface area contributed by atoms with E-state index in [4.69, 9.17) is 11.6 Å². The summed E-state index contributed by atoms with van der Waals surface area (Å²) in [5.74, 6) is -0.841. The van der Waals surface area contributed by atoms with Gasteiger partial charge in [0.15, 0.2) is 0 Å². The van der Waals surface area contributed by atoms with E-state index in [2.05, 4.69) is 5.32 Å². The molecule has 0 radical (unpaired) electrons. The van der Waals surface area contributed by atoms with Gasteiger partial charge in [0, 0.05) is 17.1 Å². The molecule has 0 aliphatic rings. The fourth-order valence-electron chi connectivity index (χ4n) is 4.33. The first kappa shape index (κ1) is 31.2. The van der Waals surface area contributed by atoms with Crippen LogP contribution in [0.15, 0.2) is 77.7 Å². The molecule has 1 unspecified atom stereocenters. The zero-order valence-corrected chi connectivity index (χ0v) is 25.5. The van der Waals surface area contributed by atoms with Crippen LogP contribution in [0.3, 0.4) is 0 Å². The van der Waals surface area contributed by atoms with E-state index in [-0.39, 0.29) is 17.3 Å². The van der Waals surface area contributed by atoms with Crippen molar-refractivity contribution in [2.24, 2.45) is 0 Å². The normalized spacial score (nSPS) is 12.5. The summed E-state index contributed by atoms with van der Waals surface area (Å²) in [6.07, 6.45) is 0.327. The number of nitrogens with one attached hydrogen (secondary N) is 1. The molecule has 0 saturated carbocycles. The van der Waals surface area contributed by atoms with E-state index < -0.39 is 34.1 Å². The highest BCUT2D eigenvalue weighted by atomic mass is 35.5. The fraction of sp³-hybridized carbons (Fsp3) is 0.355. The van der Waals surface area contributed by atoms with Crippen LogP contribution in [-0.2, 0) is 26.2 Å². The van der Waals surface area contributed by atoms with Crippen LogP contribution in [0.2, 0.25) is 5.02 Å². The standard InChI is InChI=1S/C31H38ClN3O4S/c1-7-28(30(37)33-31(4,5)6)34(20-24-12-8-9-14-27(24)32)29(36)21-35(25-13-10-11-23(3)19-25)40(38,39)26-17-15-22(2)16-18-26/h8-19,28H,7,20-21H2,1-6H3,(H,33,37). The van der Waals surface area contributed by atoms with Gasteiger partial charge in [0.2, 0.25) is 11.8 Å². The molecule has 3 aromatic carbocycles. The van der Waals surface area contributed by atoms with Gasteiger partial charge in [-0.3, -0.25) is 13.9 Å². The molecule has 1 atom stereocenters. The SMILES string of the molecule is CCC(C(=O)NC(C)(C)C)N(Cc1ccccc1Cl)C(=O)CN(c1cccc(C)c1)S(=O)(=O)c1ccc(C)cc1. The first-order valence-electron chi connectivity index (χ1n) is 13.2. The number of benzene rings is 3. The molecule has 0 aliphatic heterocycles. The molecule has 214 valence electrons. The van der Waals surface area contributed by atoms with Crippen molar-refractivity contribution in [1.29, 1.82) is 0 Å². The molecule has 7 nitrogen and oxygen atoms in total. The second-order valence-corrected chi connectivity index (χ2v) is 13.2. The fourth-order valence-corrected chi connectivity index (χ4v) is 5.93. The van der Waals surface area contributed by atoms with Crippen molar-refractivity contribution in [2.45, 2.75) is 71.0 Å². The van der Waals surface area contributed by atoms with Crippen molar-refractivity contribution in [2.75, 3.05) is 10.8 Å². The van der Waals surface area contributed by atoms with E-state index in [1.54, 1.807) is 54.6 Å². The van der Waals surface area contributed by atoms with Crippen molar-refractivity contribution in [3.8, 4) is 0 Å². The summed E-state index contributed by atoms with van der Waals surface area (Å²) in [6, 6.07) is 19.8. The maximum Gasteiger partial charge on any atom is 0.264 e. The zero-order chi connectivity index (χ0) is 29.7. The van der Waals surface area contributed by atoms with Crippen molar-refractivity contribution in [3.63, 3.8) is 0 Å². The van der Waals surface area contributed by atoms with E-state index >= 15 is 0 Å². The lowest BCUT2D eigenvalue weighted by Crippen LogP contribution is -2.55. The smallest absolute Gasteiger partial charge is 0.264 e. The van der Waals surface area contributed by atoms with Crippen LogP contribution >= 0.6 is 11.6 Å². The monoisotopic (exact) mass is 583 g/mol. The maximum absolute atomic E-state index is 14.1. The van der Waals surface area contributed by atoms with Crippen LogP contribution in [0.4, 0.5) is 5.69 Å². The van der Waals surface area contributed by atoms with Gasteiger partial charge in [-0.1, -0.05) is 66.6 Å². The molecule has 1 N–H and O–H groups in total. The van der Waals surface area contributed by atoms with E-state index in [0.29, 0.717) is 22.7 Å². The Bertz CT molecular complexity index is 1450. The van der Waals surface area contributed by atoms with Crippen LogP contribution < -0.4 is 9.62 Å². The third kappa shape index (κ3) is 7.86. The van der Waals surface area contributed by atoms with Gasteiger partial charge in [0.25, 0.3) is 10.0 Å². The average molecular weight is 584 g/mol. The number of carbonyl (C=O) groups is 2. The summed E-state index contributed by atoms with van der Waals surface area (Å²) in [5.41, 5.74) is 2.25. The molecule has 3 aromatic rings. The minimum atomic E-state index is -4.12. The number of hydrogen-bond donors (Lipinski definition) is 1. The molecule has 0 aliphatic carbocycles. The first-order chi connectivity index (χ1) is 18.7. The van der Waals surface area contributed by atoms with Crippen LogP contribution in [-0.4, -0.2) is 43.3 Å². The second kappa shape index (κ2) is 12.9. The van der Waals surface area contributed by atoms with E-state index in [1.165, 1.54) is 17.0 Å². The topological polar surface area (TPSA) is 86.8 Å². The van der Waals surface area contributed by atoms with Crippen LogP contribution in [0.1, 0.15) is 50.8 Å². The van der Waals surface area contributed by atoms with E-state index in [9.17, 15) is 18.0 Å². The number of sulfonamides is 1. The second-order valence-electron chi connectivity index (χ2n) is 10.9. The van der Waals surface area contributed by atoms with E-state index in [1.807, 2.05) is 47.6 Å². The predicted molar refractivity (Wildman–Crippen MR) is 161 cm³/mol. The van der Waals surface area contributed by atoms with Crippen molar-refractivity contribution in [3.05, 3.63) is 94.5 Å². The van der Waals surface area contributed by atoms with Crippen LogP contribution in [0.25, 0.3) is 0 Å². The molecule has 0 saturated heterocycles. The van der Waals surface area contributed by atoms with Gasteiger partial charge in [-0.2, -0.15) is 0 Å². The molecule has 9 heteroatoms. The number of halogens is 1. The third-order valence-corrected chi connectivity index (χ3v) is 8.52. The third-order valence-electron chi connectivity index (χ3n) is 6.36. The minimum Gasteiger partial charge on any atom is -0.350 e.